The summed E-state index contributed by atoms with van der Waals surface area (Å²) in [6, 6.07) is 17.6. The van der Waals surface area contributed by atoms with Crippen LogP contribution in [0.2, 0.25) is 5.02 Å². The summed E-state index contributed by atoms with van der Waals surface area (Å²) in [6.07, 6.45) is 6.91. The Morgan fingerprint density at radius 1 is 1.07 bits per heavy atom. The molecule has 1 saturated heterocycles. The molecular weight excluding hydrogens is 572 g/mol. The summed E-state index contributed by atoms with van der Waals surface area (Å²) in [5.41, 5.74) is 4.55. The van der Waals surface area contributed by atoms with E-state index in [-0.39, 0.29) is 6.10 Å². The van der Waals surface area contributed by atoms with Gasteiger partial charge in [-0.05, 0) is 56.6 Å². The van der Waals surface area contributed by atoms with E-state index < -0.39 is 12.1 Å². The van der Waals surface area contributed by atoms with E-state index in [1.165, 1.54) is 18.4 Å². The molecule has 0 saturated carbocycles. The van der Waals surface area contributed by atoms with Crippen LogP contribution in [0.25, 0.3) is 27.2 Å². The summed E-state index contributed by atoms with van der Waals surface area (Å²) in [6.45, 7) is 3.90. The maximum atomic E-state index is 12.8. The molecule has 0 N–H and O–H groups in total. The summed E-state index contributed by atoms with van der Waals surface area (Å²) >= 11 is 8.12. The molecule has 0 spiro atoms. The molecule has 0 bridgehead atoms. The third kappa shape index (κ3) is 5.72. The van der Waals surface area contributed by atoms with Crippen molar-refractivity contribution in [3.8, 4) is 27.6 Å². The highest BCUT2D eigenvalue weighted by atomic mass is 35.5. The monoisotopic (exact) mass is 602 g/mol. The SMILES string of the molecule is COC(=O)c1sc(-n2cnc3cc(-c4cccnc4)ccc32)cc1O[C@H](C)c1cccc(OC2CCN(C)CC2)c1Cl. The average Bonchev–Trinajstić information content (AvgIpc) is 3.63. The minimum absolute atomic E-state index is 0.126. The Hall–Kier alpha value is -3.92. The first-order valence-electron chi connectivity index (χ1n) is 13.8. The fourth-order valence-electron chi connectivity index (χ4n) is 5.17. The van der Waals surface area contributed by atoms with Crippen LogP contribution in [-0.4, -0.2) is 58.8 Å². The number of carbonyl (C=O) groups is 1. The molecule has 0 amide bonds. The number of hydrogen-bond acceptors (Lipinski definition) is 8. The molecule has 1 aliphatic heterocycles. The van der Waals surface area contributed by atoms with Crippen LogP contribution in [0.3, 0.4) is 0 Å². The zero-order valence-electron chi connectivity index (χ0n) is 23.6. The number of carbonyl (C=O) groups excluding carboxylic acids is 1. The number of benzene rings is 2. The second-order valence-electron chi connectivity index (χ2n) is 10.4. The van der Waals surface area contributed by atoms with Crippen LogP contribution in [0.1, 0.15) is 41.1 Å². The Bertz CT molecular complexity index is 1710. The number of nitrogens with zero attached hydrogens (tertiary/aromatic N) is 4. The number of halogens is 1. The van der Waals surface area contributed by atoms with Crippen molar-refractivity contribution in [2.75, 3.05) is 27.2 Å². The summed E-state index contributed by atoms with van der Waals surface area (Å²) in [7, 11) is 3.48. The average molecular weight is 603 g/mol. The third-order valence-corrected chi connectivity index (χ3v) is 9.03. The lowest BCUT2D eigenvalue weighted by Gasteiger charge is -2.30. The normalized spacial score (nSPS) is 15.0. The fraction of sp³-hybridized carbons (Fsp3) is 0.281. The second-order valence-corrected chi connectivity index (χ2v) is 11.8. The third-order valence-electron chi connectivity index (χ3n) is 7.53. The molecule has 1 fully saturated rings. The van der Waals surface area contributed by atoms with Crippen LogP contribution >= 0.6 is 22.9 Å². The maximum absolute atomic E-state index is 12.8. The molecule has 1 aliphatic rings. The summed E-state index contributed by atoms with van der Waals surface area (Å²) in [5, 5.41) is 1.30. The van der Waals surface area contributed by atoms with E-state index in [0.29, 0.717) is 21.4 Å². The summed E-state index contributed by atoms with van der Waals surface area (Å²) < 4.78 is 19.7. The minimum atomic E-state index is -0.470. The van der Waals surface area contributed by atoms with Crippen molar-refractivity contribution in [2.45, 2.75) is 32.0 Å². The van der Waals surface area contributed by atoms with Crippen LogP contribution in [0.4, 0.5) is 0 Å². The van der Waals surface area contributed by atoms with Crippen LogP contribution in [0.5, 0.6) is 11.5 Å². The van der Waals surface area contributed by atoms with Gasteiger partial charge in [-0.25, -0.2) is 9.78 Å². The first kappa shape index (κ1) is 28.2. The van der Waals surface area contributed by atoms with Crippen molar-refractivity contribution in [1.29, 1.82) is 0 Å². The molecule has 5 aromatic rings. The smallest absolute Gasteiger partial charge is 0.351 e. The van der Waals surface area contributed by atoms with Crippen LogP contribution < -0.4 is 9.47 Å². The van der Waals surface area contributed by atoms with Gasteiger partial charge in [0, 0.05) is 42.7 Å². The number of ether oxygens (including phenoxy) is 3. The topological polar surface area (TPSA) is 78.7 Å². The number of pyridine rings is 1. The van der Waals surface area contributed by atoms with Gasteiger partial charge in [0.1, 0.15) is 35.0 Å². The molecule has 42 heavy (non-hydrogen) atoms. The minimum Gasteiger partial charge on any atom is -0.489 e. The number of hydrogen-bond donors (Lipinski definition) is 0. The molecule has 1 atom stereocenters. The van der Waals surface area contributed by atoms with Gasteiger partial charge in [-0.2, -0.15) is 0 Å². The molecule has 0 unspecified atom stereocenters. The lowest BCUT2D eigenvalue weighted by atomic mass is 10.1. The predicted octanol–water partition coefficient (Wildman–Crippen LogP) is 7.20. The zero-order valence-corrected chi connectivity index (χ0v) is 25.2. The first-order chi connectivity index (χ1) is 20.4. The van der Waals surface area contributed by atoms with Crippen LogP contribution in [-0.2, 0) is 4.74 Å². The van der Waals surface area contributed by atoms with Gasteiger partial charge >= 0.3 is 5.97 Å². The molecule has 0 radical (unpaired) electrons. The molecule has 4 heterocycles. The Morgan fingerprint density at radius 2 is 1.90 bits per heavy atom. The predicted molar refractivity (Wildman–Crippen MR) is 165 cm³/mol. The van der Waals surface area contributed by atoms with E-state index in [2.05, 4.69) is 21.9 Å². The quantitative estimate of drug-likeness (QED) is 0.174. The lowest BCUT2D eigenvalue weighted by molar-refractivity contribution is 0.0600. The van der Waals surface area contributed by atoms with Crippen molar-refractivity contribution >= 4 is 39.9 Å². The largest absolute Gasteiger partial charge is 0.489 e. The van der Waals surface area contributed by atoms with Crippen molar-refractivity contribution < 1.29 is 19.0 Å². The molecule has 6 rings (SSSR count). The molecular formula is C32H31ClN4O4S. The number of aromatic nitrogens is 3. The van der Waals surface area contributed by atoms with Gasteiger partial charge in [-0.1, -0.05) is 35.9 Å². The number of methoxy groups -OCH3 is 1. The maximum Gasteiger partial charge on any atom is 0.351 e. The molecule has 8 nitrogen and oxygen atoms in total. The van der Waals surface area contributed by atoms with Gasteiger partial charge < -0.3 is 19.1 Å². The highest BCUT2D eigenvalue weighted by Gasteiger charge is 2.25. The number of fused-ring (bicyclic) bond motifs is 1. The van der Waals surface area contributed by atoms with E-state index in [4.69, 9.17) is 25.8 Å². The number of thiophene rings is 1. The number of piperidine rings is 1. The highest BCUT2D eigenvalue weighted by molar-refractivity contribution is 7.16. The van der Waals surface area contributed by atoms with Gasteiger partial charge in [-0.3, -0.25) is 9.55 Å². The molecule has 2 aromatic carbocycles. The van der Waals surface area contributed by atoms with E-state index in [9.17, 15) is 4.79 Å². The summed E-state index contributed by atoms with van der Waals surface area (Å²) in [4.78, 5) is 24.3. The van der Waals surface area contributed by atoms with Gasteiger partial charge in [0.15, 0.2) is 4.88 Å². The van der Waals surface area contributed by atoms with E-state index in [1.807, 2.05) is 72.3 Å². The van der Waals surface area contributed by atoms with Gasteiger partial charge in [0.2, 0.25) is 0 Å². The summed E-state index contributed by atoms with van der Waals surface area (Å²) in [5.74, 6) is 0.594. The van der Waals surface area contributed by atoms with E-state index >= 15 is 0 Å². The Kier molecular flexibility index (Phi) is 8.15. The van der Waals surface area contributed by atoms with Crippen molar-refractivity contribution in [3.05, 3.63) is 88.8 Å². The van der Waals surface area contributed by atoms with Gasteiger partial charge in [-0.15, -0.1) is 11.3 Å². The molecule has 10 heteroatoms. The van der Waals surface area contributed by atoms with E-state index in [0.717, 1.165) is 58.7 Å². The van der Waals surface area contributed by atoms with Gasteiger partial charge in [0.05, 0.1) is 23.2 Å². The highest BCUT2D eigenvalue weighted by Crippen LogP contribution is 2.40. The van der Waals surface area contributed by atoms with E-state index in [1.54, 1.807) is 12.5 Å². The van der Waals surface area contributed by atoms with Gasteiger partial charge in [0.25, 0.3) is 0 Å². The Labute approximate surface area is 253 Å². The van der Waals surface area contributed by atoms with Crippen molar-refractivity contribution in [2.24, 2.45) is 0 Å². The Balaban J connectivity index is 1.27. The van der Waals surface area contributed by atoms with Crippen LogP contribution in [0, 0.1) is 0 Å². The number of esters is 1. The second kappa shape index (κ2) is 12.1. The standard InChI is InChI=1S/C32H31ClN4O4S/c1-20(24-7-4-8-27(30(24)33)41-23-11-14-36(2)15-12-23)40-28-17-29(42-31(28)32(38)39-3)37-19-35-25-16-21(9-10-26(25)37)22-6-5-13-34-18-22/h4-10,13,16-20,23H,11-12,14-15H2,1-3H3/t20-/m1/s1. The molecule has 216 valence electrons. The Morgan fingerprint density at radius 3 is 2.67 bits per heavy atom. The zero-order chi connectivity index (χ0) is 29.2. The molecule has 0 aliphatic carbocycles. The first-order valence-corrected chi connectivity index (χ1v) is 15.0. The van der Waals surface area contributed by atoms with Crippen molar-refractivity contribution in [1.82, 2.24) is 19.4 Å². The lowest BCUT2D eigenvalue weighted by Crippen LogP contribution is -2.35. The fourth-order valence-corrected chi connectivity index (χ4v) is 6.49. The number of rotatable bonds is 8. The van der Waals surface area contributed by atoms with Crippen LogP contribution in [0.15, 0.2) is 73.3 Å². The number of likely N-dealkylation sites (tertiary alicyclic amines) is 1. The number of imidazole rings is 1. The van der Waals surface area contributed by atoms with Crippen molar-refractivity contribution in [3.63, 3.8) is 0 Å². The molecule has 3 aromatic heterocycles.